The number of ether oxygens (including phenoxy) is 1. The summed E-state index contributed by atoms with van der Waals surface area (Å²) in [5.74, 6) is -0.0665. The Labute approximate surface area is 151 Å². The van der Waals surface area contributed by atoms with Gasteiger partial charge in [-0.1, -0.05) is 0 Å². The Bertz CT molecular complexity index is 780. The number of carbonyl (C=O) groups is 1. The first-order valence-electron chi connectivity index (χ1n) is 8.36. The van der Waals surface area contributed by atoms with Gasteiger partial charge in [-0.05, 0) is 56.5 Å². The number of carboxylic acid groups (broad SMARTS) is 1. The van der Waals surface area contributed by atoms with E-state index in [2.05, 4.69) is 23.5 Å². The van der Waals surface area contributed by atoms with Crippen molar-refractivity contribution < 1.29 is 14.6 Å². The lowest BCUT2D eigenvalue weighted by atomic mass is 9.92. The second-order valence-electron chi connectivity index (χ2n) is 6.22. The highest BCUT2D eigenvalue weighted by molar-refractivity contribution is 7.12. The second kappa shape index (κ2) is 7.70. The van der Waals surface area contributed by atoms with Crippen molar-refractivity contribution in [3.05, 3.63) is 45.6 Å². The van der Waals surface area contributed by atoms with Crippen LogP contribution in [0, 0.1) is 12.8 Å². The van der Waals surface area contributed by atoms with Crippen LogP contribution in [0.2, 0.25) is 0 Å². The first-order chi connectivity index (χ1) is 12.1. The molecule has 1 aromatic carbocycles. The molecule has 1 heterocycles. The van der Waals surface area contributed by atoms with Gasteiger partial charge in [-0.25, -0.2) is 0 Å². The number of hydrogen-bond acceptors (Lipinski definition) is 5. The van der Waals surface area contributed by atoms with Crippen molar-refractivity contribution >= 4 is 28.7 Å². The van der Waals surface area contributed by atoms with Gasteiger partial charge in [0.25, 0.3) is 0 Å². The fourth-order valence-corrected chi connectivity index (χ4v) is 4.27. The molecule has 6 heteroatoms. The van der Waals surface area contributed by atoms with Gasteiger partial charge in [0, 0.05) is 21.2 Å². The highest BCUT2D eigenvalue weighted by Crippen LogP contribution is 2.33. The van der Waals surface area contributed by atoms with E-state index >= 15 is 0 Å². The first-order valence-corrected chi connectivity index (χ1v) is 9.17. The summed E-state index contributed by atoms with van der Waals surface area (Å²) in [7, 11) is 1.63. The molecule has 2 aromatic rings. The molecule has 0 aliphatic heterocycles. The molecule has 0 radical (unpaired) electrons. The number of hydrogen-bond donors (Lipinski definition) is 2. The summed E-state index contributed by atoms with van der Waals surface area (Å²) in [6.45, 7) is 2.08. The van der Waals surface area contributed by atoms with E-state index < -0.39 is 5.97 Å². The van der Waals surface area contributed by atoms with Crippen LogP contribution in [0.1, 0.15) is 34.6 Å². The second-order valence-corrected chi connectivity index (χ2v) is 7.56. The molecule has 1 aromatic heterocycles. The minimum absolute atomic E-state index is 0.0708. The maximum absolute atomic E-state index is 11.3. The molecule has 1 atom stereocenters. The number of methoxy groups -OCH3 is 1. The number of anilines is 1. The number of aryl methyl sites for hydroxylation is 2. The summed E-state index contributed by atoms with van der Waals surface area (Å²) < 4.78 is 5.16. The van der Waals surface area contributed by atoms with E-state index in [9.17, 15) is 9.90 Å². The summed E-state index contributed by atoms with van der Waals surface area (Å²) in [6.07, 6.45) is 2.94. The largest absolute Gasteiger partial charge is 0.497 e. The highest BCUT2D eigenvalue weighted by Gasteiger charge is 2.27. The van der Waals surface area contributed by atoms with Crippen LogP contribution in [0.15, 0.2) is 35.4 Å². The van der Waals surface area contributed by atoms with Gasteiger partial charge < -0.3 is 9.84 Å². The van der Waals surface area contributed by atoms with Crippen LogP contribution in [-0.4, -0.2) is 23.9 Å². The van der Waals surface area contributed by atoms with Crippen LogP contribution >= 0.6 is 11.3 Å². The summed E-state index contributed by atoms with van der Waals surface area (Å²) >= 11 is 1.78. The third kappa shape index (κ3) is 4.20. The normalized spacial score (nSPS) is 18.5. The number of rotatable bonds is 5. The minimum atomic E-state index is -0.780. The van der Waals surface area contributed by atoms with E-state index in [-0.39, 0.29) is 12.3 Å². The van der Waals surface area contributed by atoms with Crippen LogP contribution < -0.4 is 10.2 Å². The van der Waals surface area contributed by atoms with Gasteiger partial charge in [-0.3, -0.25) is 10.2 Å². The third-order valence-corrected chi connectivity index (χ3v) is 5.48. The predicted molar refractivity (Wildman–Crippen MR) is 101 cm³/mol. The van der Waals surface area contributed by atoms with Gasteiger partial charge >= 0.3 is 5.97 Å². The molecule has 0 amide bonds. The molecule has 1 unspecified atom stereocenters. The maximum atomic E-state index is 11.3. The zero-order chi connectivity index (χ0) is 17.8. The molecule has 0 saturated heterocycles. The van der Waals surface area contributed by atoms with Gasteiger partial charge in [0.05, 0.1) is 24.9 Å². The van der Waals surface area contributed by atoms with Crippen molar-refractivity contribution in [3.63, 3.8) is 0 Å². The number of hydrazone groups is 1. The average molecular weight is 358 g/mol. The molecular formula is C19H22N2O3S. The summed E-state index contributed by atoms with van der Waals surface area (Å²) in [5, 5.41) is 13.9. The van der Waals surface area contributed by atoms with Crippen LogP contribution in [0.5, 0.6) is 5.75 Å². The Morgan fingerprint density at radius 3 is 2.84 bits per heavy atom. The lowest BCUT2D eigenvalue weighted by Gasteiger charge is -2.15. The number of nitrogens with zero attached hydrogens (tertiary/aromatic N) is 1. The van der Waals surface area contributed by atoms with E-state index in [0.717, 1.165) is 42.0 Å². The molecule has 25 heavy (non-hydrogen) atoms. The van der Waals surface area contributed by atoms with Crippen molar-refractivity contribution in [2.45, 2.75) is 32.6 Å². The standard InChI is InChI=1S/C19H22N2O3S/c1-12-10-16-17(25-12)5-3-4-13(11-18(22)23)19(16)21-20-14-6-8-15(24-2)9-7-14/h6-10,13,20H,3-5,11H2,1-2H3,(H,22,23)/b21-19+. The Hall–Kier alpha value is -2.34. The van der Waals surface area contributed by atoms with Crippen molar-refractivity contribution in [1.82, 2.24) is 0 Å². The van der Waals surface area contributed by atoms with Crippen molar-refractivity contribution in [3.8, 4) is 5.75 Å². The molecule has 1 aliphatic carbocycles. The number of thiophene rings is 1. The van der Waals surface area contributed by atoms with E-state index in [4.69, 9.17) is 4.74 Å². The van der Waals surface area contributed by atoms with Gasteiger partial charge in [-0.15, -0.1) is 11.3 Å². The lowest BCUT2D eigenvalue weighted by Crippen LogP contribution is -2.20. The monoisotopic (exact) mass is 358 g/mol. The van der Waals surface area contributed by atoms with Gasteiger partial charge in [0.2, 0.25) is 0 Å². The van der Waals surface area contributed by atoms with Crippen LogP contribution in [0.4, 0.5) is 5.69 Å². The number of fused-ring (bicyclic) bond motifs is 1. The van der Waals surface area contributed by atoms with E-state index in [1.54, 1.807) is 18.4 Å². The Kier molecular flexibility index (Phi) is 5.38. The predicted octanol–water partition coefficient (Wildman–Crippen LogP) is 4.31. The summed E-state index contributed by atoms with van der Waals surface area (Å²) in [4.78, 5) is 13.8. The zero-order valence-corrected chi connectivity index (χ0v) is 15.2. The van der Waals surface area contributed by atoms with Crippen LogP contribution in [-0.2, 0) is 11.2 Å². The quantitative estimate of drug-likeness (QED) is 0.617. The van der Waals surface area contributed by atoms with Gasteiger partial charge in [0.15, 0.2) is 0 Å². The van der Waals surface area contributed by atoms with E-state index in [1.165, 1.54) is 9.75 Å². The maximum Gasteiger partial charge on any atom is 0.304 e. The van der Waals surface area contributed by atoms with Crippen LogP contribution in [0.3, 0.4) is 0 Å². The molecule has 132 valence electrons. The van der Waals surface area contributed by atoms with Crippen molar-refractivity contribution in [1.29, 1.82) is 0 Å². The van der Waals surface area contributed by atoms with Gasteiger partial charge in [0.1, 0.15) is 5.75 Å². The molecule has 2 N–H and O–H groups in total. The molecule has 0 bridgehead atoms. The third-order valence-electron chi connectivity index (χ3n) is 4.37. The van der Waals surface area contributed by atoms with E-state index in [0.29, 0.717) is 0 Å². The summed E-state index contributed by atoms with van der Waals surface area (Å²) in [5.41, 5.74) is 5.90. The lowest BCUT2D eigenvalue weighted by molar-refractivity contribution is -0.137. The first kappa shape index (κ1) is 17.5. The molecule has 1 aliphatic rings. The topological polar surface area (TPSA) is 70.9 Å². The number of carboxylic acids is 1. The Balaban J connectivity index is 1.92. The molecule has 0 spiro atoms. The average Bonchev–Trinajstić information content (AvgIpc) is 2.88. The molecule has 3 rings (SSSR count). The van der Waals surface area contributed by atoms with Crippen LogP contribution in [0.25, 0.3) is 0 Å². The van der Waals surface area contributed by atoms with E-state index in [1.807, 2.05) is 24.3 Å². The number of benzene rings is 1. The van der Waals surface area contributed by atoms with Gasteiger partial charge in [-0.2, -0.15) is 5.10 Å². The minimum Gasteiger partial charge on any atom is -0.497 e. The fraction of sp³-hybridized carbons (Fsp3) is 0.368. The number of nitrogens with one attached hydrogen (secondary N) is 1. The Morgan fingerprint density at radius 2 is 2.16 bits per heavy atom. The smallest absolute Gasteiger partial charge is 0.304 e. The van der Waals surface area contributed by atoms with Crippen molar-refractivity contribution in [2.75, 3.05) is 12.5 Å². The fourth-order valence-electron chi connectivity index (χ4n) is 3.18. The summed E-state index contributed by atoms with van der Waals surface area (Å²) in [6, 6.07) is 9.65. The highest BCUT2D eigenvalue weighted by atomic mass is 32.1. The molecule has 0 saturated carbocycles. The molecule has 0 fully saturated rings. The molecular weight excluding hydrogens is 336 g/mol. The SMILES string of the molecule is COc1ccc(N/N=C2/c3cc(C)sc3CCCC2CC(=O)O)cc1. The Morgan fingerprint density at radius 1 is 1.40 bits per heavy atom. The number of aliphatic carboxylic acids is 1. The zero-order valence-electron chi connectivity index (χ0n) is 14.4. The van der Waals surface area contributed by atoms with Crippen molar-refractivity contribution in [2.24, 2.45) is 11.0 Å². The molecule has 5 nitrogen and oxygen atoms in total.